The van der Waals surface area contributed by atoms with Crippen molar-refractivity contribution in [3.05, 3.63) is 42.1 Å². The SMILES string of the molecule is CC(C)COC(=O)NCc1ccc(-c2ccn[nH]2)cc1. The largest absolute Gasteiger partial charge is 0.449 e. The van der Waals surface area contributed by atoms with Crippen molar-refractivity contribution in [3.63, 3.8) is 0 Å². The second-order valence-corrected chi connectivity index (χ2v) is 5.01. The summed E-state index contributed by atoms with van der Waals surface area (Å²) in [5.74, 6) is 0.342. The molecule has 1 amide bonds. The first-order chi connectivity index (χ1) is 9.65. The van der Waals surface area contributed by atoms with Gasteiger partial charge in [0.1, 0.15) is 0 Å². The maximum absolute atomic E-state index is 11.4. The molecule has 2 aromatic rings. The van der Waals surface area contributed by atoms with Crippen LogP contribution in [-0.2, 0) is 11.3 Å². The van der Waals surface area contributed by atoms with Crippen molar-refractivity contribution in [2.24, 2.45) is 5.92 Å². The number of nitrogens with zero attached hydrogens (tertiary/aromatic N) is 1. The molecule has 106 valence electrons. The van der Waals surface area contributed by atoms with Gasteiger partial charge in [-0.3, -0.25) is 5.10 Å². The lowest BCUT2D eigenvalue weighted by Gasteiger charge is -2.09. The normalized spacial score (nSPS) is 10.6. The van der Waals surface area contributed by atoms with Gasteiger partial charge in [0, 0.05) is 12.7 Å². The number of ether oxygens (including phenoxy) is 1. The average Bonchev–Trinajstić information content (AvgIpc) is 2.97. The number of H-pyrrole nitrogens is 1. The monoisotopic (exact) mass is 273 g/mol. The predicted molar refractivity (Wildman–Crippen MR) is 77.0 cm³/mol. The molecule has 0 aliphatic carbocycles. The third-order valence-electron chi connectivity index (χ3n) is 2.75. The Labute approximate surface area is 118 Å². The fourth-order valence-electron chi connectivity index (χ4n) is 1.69. The van der Waals surface area contributed by atoms with Gasteiger partial charge in [0.2, 0.25) is 0 Å². The topological polar surface area (TPSA) is 67.0 Å². The number of hydrogen-bond donors (Lipinski definition) is 2. The van der Waals surface area contributed by atoms with E-state index in [4.69, 9.17) is 4.74 Å². The number of aromatic nitrogens is 2. The minimum atomic E-state index is -0.378. The summed E-state index contributed by atoms with van der Waals surface area (Å²) in [5, 5.41) is 9.55. The van der Waals surface area contributed by atoms with Crippen LogP contribution in [0.2, 0.25) is 0 Å². The van der Waals surface area contributed by atoms with Gasteiger partial charge >= 0.3 is 6.09 Å². The highest BCUT2D eigenvalue weighted by Gasteiger charge is 2.04. The van der Waals surface area contributed by atoms with E-state index in [1.807, 2.05) is 44.2 Å². The van der Waals surface area contributed by atoms with Crippen LogP contribution >= 0.6 is 0 Å². The third-order valence-corrected chi connectivity index (χ3v) is 2.75. The Bertz CT molecular complexity index is 533. The molecule has 0 aliphatic rings. The van der Waals surface area contributed by atoms with Crippen LogP contribution in [0.3, 0.4) is 0 Å². The van der Waals surface area contributed by atoms with E-state index < -0.39 is 0 Å². The summed E-state index contributed by atoms with van der Waals surface area (Å²) in [4.78, 5) is 11.4. The highest BCUT2D eigenvalue weighted by molar-refractivity contribution is 5.67. The van der Waals surface area contributed by atoms with Crippen LogP contribution in [0.5, 0.6) is 0 Å². The number of aromatic amines is 1. The molecule has 5 heteroatoms. The molecular weight excluding hydrogens is 254 g/mol. The van der Waals surface area contributed by atoms with Gasteiger partial charge in [-0.05, 0) is 23.1 Å². The molecular formula is C15H19N3O2. The Hall–Kier alpha value is -2.30. The van der Waals surface area contributed by atoms with Crippen molar-refractivity contribution in [3.8, 4) is 11.3 Å². The van der Waals surface area contributed by atoms with Gasteiger partial charge in [-0.1, -0.05) is 38.1 Å². The molecule has 0 fully saturated rings. The highest BCUT2D eigenvalue weighted by atomic mass is 16.5. The number of rotatable bonds is 5. The average molecular weight is 273 g/mol. The molecule has 0 unspecified atom stereocenters. The van der Waals surface area contributed by atoms with E-state index in [2.05, 4.69) is 15.5 Å². The van der Waals surface area contributed by atoms with E-state index in [1.54, 1.807) is 6.20 Å². The summed E-state index contributed by atoms with van der Waals surface area (Å²) < 4.78 is 5.04. The smallest absolute Gasteiger partial charge is 0.407 e. The first kappa shape index (κ1) is 14.1. The maximum Gasteiger partial charge on any atom is 0.407 e. The first-order valence-electron chi connectivity index (χ1n) is 6.64. The molecule has 0 saturated carbocycles. The summed E-state index contributed by atoms with van der Waals surface area (Å²) in [5.41, 5.74) is 3.06. The molecule has 0 spiro atoms. The zero-order valence-corrected chi connectivity index (χ0v) is 11.7. The van der Waals surface area contributed by atoms with Gasteiger partial charge < -0.3 is 10.1 Å². The van der Waals surface area contributed by atoms with Crippen LogP contribution in [0, 0.1) is 5.92 Å². The lowest BCUT2D eigenvalue weighted by atomic mass is 10.1. The zero-order valence-electron chi connectivity index (χ0n) is 11.7. The van der Waals surface area contributed by atoms with Crippen LogP contribution in [0.25, 0.3) is 11.3 Å². The Balaban J connectivity index is 1.84. The van der Waals surface area contributed by atoms with E-state index in [9.17, 15) is 4.79 Å². The number of amides is 1. The van der Waals surface area contributed by atoms with Gasteiger partial charge in [0.25, 0.3) is 0 Å². The Kier molecular flexibility index (Phi) is 4.76. The Morgan fingerprint density at radius 1 is 1.30 bits per heavy atom. The molecule has 0 saturated heterocycles. The molecule has 0 radical (unpaired) electrons. The zero-order chi connectivity index (χ0) is 14.4. The van der Waals surface area contributed by atoms with Crippen LogP contribution in [0.4, 0.5) is 4.79 Å². The number of benzene rings is 1. The van der Waals surface area contributed by atoms with E-state index in [0.717, 1.165) is 16.8 Å². The van der Waals surface area contributed by atoms with Crippen molar-refractivity contribution >= 4 is 6.09 Å². The van der Waals surface area contributed by atoms with Crippen LogP contribution in [0.15, 0.2) is 36.5 Å². The van der Waals surface area contributed by atoms with E-state index in [-0.39, 0.29) is 6.09 Å². The lowest BCUT2D eigenvalue weighted by molar-refractivity contribution is 0.132. The summed E-state index contributed by atoms with van der Waals surface area (Å²) >= 11 is 0. The van der Waals surface area contributed by atoms with Crippen LogP contribution < -0.4 is 5.32 Å². The second kappa shape index (κ2) is 6.75. The third kappa shape index (κ3) is 4.12. The number of alkyl carbamates (subject to hydrolysis) is 1. The number of hydrogen-bond acceptors (Lipinski definition) is 3. The van der Waals surface area contributed by atoms with Crippen LogP contribution in [0.1, 0.15) is 19.4 Å². The van der Waals surface area contributed by atoms with Gasteiger partial charge in [-0.25, -0.2) is 4.79 Å². The lowest BCUT2D eigenvalue weighted by Crippen LogP contribution is -2.25. The van der Waals surface area contributed by atoms with Gasteiger partial charge in [-0.2, -0.15) is 5.10 Å². The standard InChI is InChI=1S/C15H19N3O2/c1-11(2)10-20-15(19)16-9-12-3-5-13(6-4-12)14-7-8-17-18-14/h3-8,11H,9-10H2,1-2H3,(H,16,19)(H,17,18). The molecule has 2 N–H and O–H groups in total. The number of carbonyl (C=O) groups excluding carboxylic acids is 1. The molecule has 1 aromatic carbocycles. The molecule has 1 heterocycles. The predicted octanol–water partition coefficient (Wildman–Crippen LogP) is 2.96. The first-order valence-corrected chi connectivity index (χ1v) is 6.64. The molecule has 1 aromatic heterocycles. The molecule has 0 aliphatic heterocycles. The summed E-state index contributed by atoms with van der Waals surface area (Å²) in [6.07, 6.45) is 1.34. The number of nitrogens with one attached hydrogen (secondary N) is 2. The van der Waals surface area contributed by atoms with Crippen molar-refractivity contribution in [1.82, 2.24) is 15.5 Å². The number of carbonyl (C=O) groups is 1. The molecule has 0 atom stereocenters. The maximum atomic E-state index is 11.4. The highest BCUT2D eigenvalue weighted by Crippen LogP contribution is 2.16. The molecule has 2 rings (SSSR count). The Morgan fingerprint density at radius 3 is 2.65 bits per heavy atom. The van der Waals surface area contributed by atoms with Crippen LogP contribution in [-0.4, -0.2) is 22.9 Å². The van der Waals surface area contributed by atoms with Crippen molar-refractivity contribution in [2.75, 3.05) is 6.61 Å². The summed E-state index contributed by atoms with van der Waals surface area (Å²) in [7, 11) is 0. The van der Waals surface area contributed by atoms with Crippen molar-refractivity contribution in [1.29, 1.82) is 0 Å². The summed E-state index contributed by atoms with van der Waals surface area (Å²) in [6.45, 7) is 4.90. The van der Waals surface area contributed by atoms with E-state index >= 15 is 0 Å². The van der Waals surface area contributed by atoms with E-state index in [1.165, 1.54) is 0 Å². The minimum Gasteiger partial charge on any atom is -0.449 e. The summed E-state index contributed by atoms with van der Waals surface area (Å²) in [6, 6.07) is 9.84. The van der Waals surface area contributed by atoms with Crippen molar-refractivity contribution in [2.45, 2.75) is 20.4 Å². The van der Waals surface area contributed by atoms with E-state index in [0.29, 0.717) is 19.1 Å². The fourth-order valence-corrected chi connectivity index (χ4v) is 1.69. The molecule has 20 heavy (non-hydrogen) atoms. The van der Waals surface area contributed by atoms with Gasteiger partial charge in [0.05, 0.1) is 12.3 Å². The van der Waals surface area contributed by atoms with Gasteiger partial charge in [0.15, 0.2) is 0 Å². The molecule has 5 nitrogen and oxygen atoms in total. The minimum absolute atomic E-state index is 0.342. The molecule has 0 bridgehead atoms. The van der Waals surface area contributed by atoms with Gasteiger partial charge in [-0.15, -0.1) is 0 Å². The quantitative estimate of drug-likeness (QED) is 0.880. The van der Waals surface area contributed by atoms with Crippen molar-refractivity contribution < 1.29 is 9.53 Å². The Morgan fingerprint density at radius 2 is 2.05 bits per heavy atom. The fraction of sp³-hybridized carbons (Fsp3) is 0.333. The second-order valence-electron chi connectivity index (χ2n) is 5.01.